The van der Waals surface area contributed by atoms with Gasteiger partial charge in [0.2, 0.25) is 5.71 Å². The van der Waals surface area contributed by atoms with Gasteiger partial charge in [0.15, 0.2) is 0 Å². The zero-order chi connectivity index (χ0) is 11.2. The molecule has 0 saturated carbocycles. The van der Waals surface area contributed by atoms with Crippen LogP contribution in [0, 0.1) is 0 Å². The second kappa shape index (κ2) is 2.98. The highest BCUT2D eigenvalue weighted by molar-refractivity contribution is 6.02. The smallest absolute Gasteiger partial charge is 0.246 e. The average Bonchev–Trinajstić information content (AvgIpc) is 2.73. The van der Waals surface area contributed by atoms with Crippen molar-refractivity contribution >= 4 is 33.2 Å². The van der Waals surface area contributed by atoms with Crippen LogP contribution in [0.1, 0.15) is 0 Å². The van der Waals surface area contributed by atoms with E-state index in [1.165, 1.54) is 0 Å². The molecule has 4 rings (SSSR count). The Hall–Kier alpha value is -2.56. The van der Waals surface area contributed by atoms with E-state index in [1.807, 2.05) is 12.1 Å². The molecule has 0 aromatic carbocycles. The molecule has 80 valence electrons. The largest absolute Gasteiger partial charge is 0.436 e. The molecule has 4 aromatic heterocycles. The van der Waals surface area contributed by atoms with Crippen molar-refractivity contribution in [1.82, 2.24) is 19.9 Å². The highest BCUT2D eigenvalue weighted by Gasteiger charge is 2.10. The van der Waals surface area contributed by atoms with E-state index in [1.54, 1.807) is 24.8 Å². The van der Waals surface area contributed by atoms with Crippen LogP contribution in [-0.2, 0) is 0 Å². The molecule has 5 nitrogen and oxygen atoms in total. The fraction of sp³-hybridized carbons (Fsp3) is 0. The van der Waals surface area contributed by atoms with Gasteiger partial charge < -0.3 is 4.42 Å². The summed E-state index contributed by atoms with van der Waals surface area (Å²) >= 11 is 0. The van der Waals surface area contributed by atoms with Crippen LogP contribution in [0.15, 0.2) is 41.3 Å². The molecule has 0 radical (unpaired) electrons. The van der Waals surface area contributed by atoms with E-state index >= 15 is 0 Å². The third-order valence-electron chi connectivity index (χ3n) is 2.68. The van der Waals surface area contributed by atoms with E-state index in [2.05, 4.69) is 19.9 Å². The summed E-state index contributed by atoms with van der Waals surface area (Å²) < 4.78 is 5.63. The maximum atomic E-state index is 5.63. The van der Waals surface area contributed by atoms with E-state index in [4.69, 9.17) is 4.42 Å². The van der Waals surface area contributed by atoms with Gasteiger partial charge in [0.25, 0.3) is 0 Å². The lowest BCUT2D eigenvalue weighted by atomic mass is 10.3. The van der Waals surface area contributed by atoms with Crippen molar-refractivity contribution < 1.29 is 4.42 Å². The number of hydrogen-bond acceptors (Lipinski definition) is 5. The van der Waals surface area contributed by atoms with Gasteiger partial charge in [-0.05, 0) is 12.1 Å². The van der Waals surface area contributed by atoms with Gasteiger partial charge in [-0.1, -0.05) is 0 Å². The monoisotopic (exact) mass is 222 g/mol. The Labute approximate surface area is 95.1 Å². The van der Waals surface area contributed by atoms with Crippen molar-refractivity contribution in [3.8, 4) is 0 Å². The van der Waals surface area contributed by atoms with Crippen LogP contribution in [0.5, 0.6) is 0 Å². The normalized spacial score (nSPS) is 11.5. The summed E-state index contributed by atoms with van der Waals surface area (Å²) in [5, 5.41) is 0.876. The second-order valence-electron chi connectivity index (χ2n) is 3.72. The molecule has 0 unspecified atom stereocenters. The lowest BCUT2D eigenvalue weighted by Crippen LogP contribution is -1.85. The Balaban J connectivity index is 2.28. The number of pyridine rings is 2. The minimum atomic E-state index is 0.534. The van der Waals surface area contributed by atoms with Crippen LogP contribution in [0.3, 0.4) is 0 Å². The predicted molar refractivity (Wildman–Crippen MR) is 62.4 cm³/mol. The molecule has 4 aromatic rings. The van der Waals surface area contributed by atoms with Crippen LogP contribution in [0.2, 0.25) is 0 Å². The molecular formula is C12H6N4O. The number of furan rings is 1. The van der Waals surface area contributed by atoms with Crippen molar-refractivity contribution in [2.75, 3.05) is 0 Å². The van der Waals surface area contributed by atoms with E-state index in [0.29, 0.717) is 5.71 Å². The Bertz CT molecular complexity index is 847. The van der Waals surface area contributed by atoms with Gasteiger partial charge in [-0.25, -0.2) is 9.97 Å². The summed E-state index contributed by atoms with van der Waals surface area (Å²) in [6.07, 6.45) is 6.80. The third-order valence-corrected chi connectivity index (χ3v) is 2.68. The van der Waals surface area contributed by atoms with Crippen molar-refractivity contribution in [2.45, 2.75) is 0 Å². The molecule has 0 fully saturated rings. The summed E-state index contributed by atoms with van der Waals surface area (Å²) in [7, 11) is 0. The molecule has 0 aliphatic heterocycles. The lowest BCUT2D eigenvalue weighted by molar-refractivity contribution is 0.654. The Kier molecular flexibility index (Phi) is 1.50. The highest BCUT2D eigenvalue weighted by atomic mass is 16.3. The first kappa shape index (κ1) is 8.58. The lowest BCUT2D eigenvalue weighted by Gasteiger charge is -1.94. The first-order valence-corrected chi connectivity index (χ1v) is 5.16. The SMILES string of the molecule is c1cc2nc3oc4ccncc4c3nc2cn1. The maximum Gasteiger partial charge on any atom is 0.246 e. The molecule has 4 heterocycles. The standard InChI is InChI=1S/C12H6N4O/c1-3-14-6-9-8(1)16-12-11(15-9)7-5-13-4-2-10(7)17-12/h1-6H. The second-order valence-corrected chi connectivity index (χ2v) is 3.72. The summed E-state index contributed by atoms with van der Waals surface area (Å²) in [5.74, 6) is 0. The van der Waals surface area contributed by atoms with Crippen LogP contribution in [0.4, 0.5) is 0 Å². The fourth-order valence-electron chi connectivity index (χ4n) is 1.89. The number of nitrogens with zero attached hydrogens (tertiary/aromatic N) is 4. The molecule has 0 bridgehead atoms. The fourth-order valence-corrected chi connectivity index (χ4v) is 1.89. The first-order valence-electron chi connectivity index (χ1n) is 5.16. The summed E-state index contributed by atoms with van der Waals surface area (Å²) in [6.45, 7) is 0. The Morgan fingerprint density at radius 1 is 0.882 bits per heavy atom. The maximum absolute atomic E-state index is 5.63. The Morgan fingerprint density at radius 2 is 1.76 bits per heavy atom. The molecule has 0 aliphatic carbocycles. The van der Waals surface area contributed by atoms with Gasteiger partial charge >= 0.3 is 0 Å². The van der Waals surface area contributed by atoms with Gasteiger partial charge in [-0.3, -0.25) is 9.97 Å². The van der Waals surface area contributed by atoms with E-state index < -0.39 is 0 Å². The zero-order valence-corrected chi connectivity index (χ0v) is 8.66. The predicted octanol–water partition coefficient (Wildman–Crippen LogP) is 2.32. The molecule has 0 atom stereocenters. The minimum absolute atomic E-state index is 0.534. The molecular weight excluding hydrogens is 216 g/mol. The molecule has 0 N–H and O–H groups in total. The number of hydrogen-bond donors (Lipinski definition) is 0. The summed E-state index contributed by atoms with van der Waals surface area (Å²) in [5.41, 5.74) is 3.55. The van der Waals surface area contributed by atoms with E-state index in [-0.39, 0.29) is 0 Å². The van der Waals surface area contributed by atoms with Gasteiger partial charge in [0, 0.05) is 18.6 Å². The van der Waals surface area contributed by atoms with Crippen LogP contribution in [-0.4, -0.2) is 19.9 Å². The molecule has 0 aliphatic rings. The molecule has 0 amide bonds. The topological polar surface area (TPSA) is 64.7 Å². The van der Waals surface area contributed by atoms with Crippen LogP contribution >= 0.6 is 0 Å². The average molecular weight is 222 g/mol. The number of rotatable bonds is 0. The molecule has 5 heteroatoms. The van der Waals surface area contributed by atoms with Crippen molar-refractivity contribution in [3.05, 3.63) is 36.9 Å². The quantitative estimate of drug-likeness (QED) is 0.456. The minimum Gasteiger partial charge on any atom is -0.436 e. The van der Waals surface area contributed by atoms with E-state index in [9.17, 15) is 0 Å². The van der Waals surface area contributed by atoms with Gasteiger partial charge in [0.05, 0.1) is 17.1 Å². The van der Waals surface area contributed by atoms with Crippen molar-refractivity contribution in [1.29, 1.82) is 0 Å². The van der Waals surface area contributed by atoms with Crippen LogP contribution < -0.4 is 0 Å². The van der Waals surface area contributed by atoms with Gasteiger partial charge in [-0.2, -0.15) is 0 Å². The van der Waals surface area contributed by atoms with Crippen LogP contribution in [0.25, 0.3) is 33.2 Å². The van der Waals surface area contributed by atoms with Gasteiger partial charge in [0.1, 0.15) is 16.6 Å². The summed E-state index contributed by atoms with van der Waals surface area (Å²) in [4.78, 5) is 17.0. The Morgan fingerprint density at radius 3 is 2.76 bits per heavy atom. The number of fused-ring (bicyclic) bond motifs is 4. The van der Waals surface area contributed by atoms with Crippen molar-refractivity contribution in [3.63, 3.8) is 0 Å². The third kappa shape index (κ3) is 1.13. The molecule has 0 spiro atoms. The summed E-state index contributed by atoms with van der Waals surface area (Å²) in [6, 6.07) is 3.62. The number of aromatic nitrogens is 4. The zero-order valence-electron chi connectivity index (χ0n) is 8.66. The molecule has 17 heavy (non-hydrogen) atoms. The first-order chi connectivity index (χ1) is 8.42. The molecule has 0 saturated heterocycles. The van der Waals surface area contributed by atoms with Crippen molar-refractivity contribution in [2.24, 2.45) is 0 Å². The van der Waals surface area contributed by atoms with E-state index in [0.717, 1.165) is 27.5 Å². The van der Waals surface area contributed by atoms with Gasteiger partial charge in [-0.15, -0.1) is 0 Å². The highest BCUT2D eigenvalue weighted by Crippen LogP contribution is 2.26.